The Balaban J connectivity index is 1.80. The Hall–Kier alpha value is -2.90. The molecule has 1 aromatic carbocycles. The van der Waals surface area contributed by atoms with E-state index in [1.54, 1.807) is 35.6 Å². The number of halogens is 1. The Morgan fingerprint density at radius 3 is 2.44 bits per heavy atom. The molecular weight excluding hydrogens is 362 g/mol. The predicted octanol–water partition coefficient (Wildman–Crippen LogP) is 4.29. The second kappa shape index (κ2) is 7.33. The van der Waals surface area contributed by atoms with Gasteiger partial charge in [-0.2, -0.15) is 5.01 Å². The van der Waals surface area contributed by atoms with Gasteiger partial charge < -0.3 is 5.11 Å². The number of pyridine rings is 1. The summed E-state index contributed by atoms with van der Waals surface area (Å²) in [5.41, 5.74) is 3.83. The lowest BCUT2D eigenvalue weighted by Gasteiger charge is -2.20. The van der Waals surface area contributed by atoms with Crippen molar-refractivity contribution in [3.05, 3.63) is 70.8 Å². The number of benzene rings is 1. The Labute approximate surface area is 152 Å². The van der Waals surface area contributed by atoms with Gasteiger partial charge in [0.15, 0.2) is 0 Å². The van der Waals surface area contributed by atoms with Crippen LogP contribution in [0, 0.1) is 0 Å². The Morgan fingerprint density at radius 2 is 1.88 bits per heavy atom. The van der Waals surface area contributed by atoms with E-state index in [1.807, 2.05) is 17.5 Å². The third-order valence-corrected chi connectivity index (χ3v) is 4.47. The van der Waals surface area contributed by atoms with E-state index in [0.717, 1.165) is 15.4 Å². The fraction of sp³-hybridized carbons (Fsp3) is 0. The van der Waals surface area contributed by atoms with E-state index in [4.69, 9.17) is 11.6 Å². The molecule has 8 heteroatoms. The van der Waals surface area contributed by atoms with Gasteiger partial charge in [0.2, 0.25) is 0 Å². The number of carbonyl (C=O) groups excluding carboxylic acids is 1. The van der Waals surface area contributed by atoms with Gasteiger partial charge in [-0.15, -0.1) is 11.3 Å². The number of rotatable bonds is 3. The Kier molecular flexibility index (Phi) is 4.97. The summed E-state index contributed by atoms with van der Waals surface area (Å²) in [5.74, 6) is -0.603. The topological polar surface area (TPSA) is 82.5 Å². The van der Waals surface area contributed by atoms with Gasteiger partial charge in [0.05, 0.1) is 11.3 Å². The normalized spacial score (nSPS) is 10.3. The fourth-order valence-corrected chi connectivity index (χ4v) is 2.96. The van der Waals surface area contributed by atoms with Gasteiger partial charge in [-0.25, -0.2) is 9.78 Å². The van der Waals surface area contributed by atoms with Crippen LogP contribution in [0.3, 0.4) is 0 Å². The summed E-state index contributed by atoms with van der Waals surface area (Å²) in [7, 11) is 0. The predicted molar refractivity (Wildman–Crippen MR) is 97.0 cm³/mol. The van der Waals surface area contributed by atoms with Crippen LogP contribution in [0.15, 0.2) is 60.1 Å². The SMILES string of the molecule is O=C(NN(C(=O)O)c1ccc(-c2cccs2)cc1)c1ccc(Cl)nc1. The molecule has 0 unspecified atom stereocenters. The maximum absolute atomic E-state index is 12.2. The number of hydrogen-bond donors (Lipinski definition) is 2. The third-order valence-electron chi connectivity index (χ3n) is 3.33. The van der Waals surface area contributed by atoms with Crippen molar-refractivity contribution >= 4 is 40.6 Å². The van der Waals surface area contributed by atoms with Crippen molar-refractivity contribution in [2.45, 2.75) is 0 Å². The molecule has 0 radical (unpaired) electrons. The summed E-state index contributed by atoms with van der Waals surface area (Å²) in [6, 6.07) is 13.7. The monoisotopic (exact) mass is 373 g/mol. The van der Waals surface area contributed by atoms with Gasteiger partial charge >= 0.3 is 6.09 Å². The van der Waals surface area contributed by atoms with Crippen LogP contribution in [0.5, 0.6) is 0 Å². The number of thiophene rings is 1. The quantitative estimate of drug-likeness (QED) is 0.530. The zero-order chi connectivity index (χ0) is 17.8. The molecule has 0 spiro atoms. The van der Waals surface area contributed by atoms with Crippen LogP contribution >= 0.6 is 22.9 Å². The first-order valence-electron chi connectivity index (χ1n) is 7.14. The molecule has 3 aromatic rings. The number of carboxylic acid groups (broad SMARTS) is 1. The highest BCUT2D eigenvalue weighted by Gasteiger charge is 2.18. The zero-order valence-corrected chi connectivity index (χ0v) is 14.3. The molecule has 3 rings (SSSR count). The van der Waals surface area contributed by atoms with Crippen LogP contribution in [0.1, 0.15) is 10.4 Å². The zero-order valence-electron chi connectivity index (χ0n) is 12.7. The maximum Gasteiger partial charge on any atom is 0.431 e. The number of hydrazine groups is 1. The van der Waals surface area contributed by atoms with Crippen LogP contribution in [-0.2, 0) is 0 Å². The van der Waals surface area contributed by atoms with Gasteiger partial charge in [0, 0.05) is 11.1 Å². The number of nitrogens with one attached hydrogen (secondary N) is 1. The summed E-state index contributed by atoms with van der Waals surface area (Å²) in [6.45, 7) is 0. The number of carbonyl (C=O) groups is 2. The van der Waals surface area contributed by atoms with Crippen molar-refractivity contribution < 1.29 is 14.7 Å². The number of nitrogens with zero attached hydrogens (tertiary/aromatic N) is 2. The van der Waals surface area contributed by atoms with Crippen LogP contribution in [-0.4, -0.2) is 22.1 Å². The molecule has 2 aromatic heterocycles. The van der Waals surface area contributed by atoms with Crippen LogP contribution in [0.25, 0.3) is 10.4 Å². The van der Waals surface area contributed by atoms with Crippen molar-refractivity contribution in [2.24, 2.45) is 0 Å². The van der Waals surface area contributed by atoms with Crippen molar-refractivity contribution in [1.29, 1.82) is 0 Å². The fourth-order valence-electron chi connectivity index (χ4n) is 2.12. The molecule has 2 heterocycles. The lowest BCUT2D eigenvalue weighted by Crippen LogP contribution is -2.45. The molecule has 0 fully saturated rings. The highest BCUT2D eigenvalue weighted by Crippen LogP contribution is 2.26. The van der Waals surface area contributed by atoms with Crippen molar-refractivity contribution in [1.82, 2.24) is 10.4 Å². The Bertz CT molecular complexity index is 881. The van der Waals surface area contributed by atoms with E-state index in [2.05, 4.69) is 10.4 Å². The van der Waals surface area contributed by atoms with Crippen molar-refractivity contribution in [3.63, 3.8) is 0 Å². The molecule has 0 bridgehead atoms. The van der Waals surface area contributed by atoms with Crippen LogP contribution in [0.4, 0.5) is 10.5 Å². The largest absolute Gasteiger partial charge is 0.463 e. The number of aromatic nitrogens is 1. The highest BCUT2D eigenvalue weighted by molar-refractivity contribution is 7.13. The average Bonchev–Trinajstić information content (AvgIpc) is 3.14. The van der Waals surface area contributed by atoms with E-state index < -0.39 is 12.0 Å². The minimum absolute atomic E-state index is 0.200. The molecule has 0 aliphatic carbocycles. The van der Waals surface area contributed by atoms with Crippen molar-refractivity contribution in [3.8, 4) is 10.4 Å². The van der Waals surface area contributed by atoms with Gasteiger partial charge in [-0.3, -0.25) is 10.2 Å². The van der Waals surface area contributed by atoms with Crippen LogP contribution < -0.4 is 10.4 Å². The lowest BCUT2D eigenvalue weighted by molar-refractivity contribution is 0.0944. The Morgan fingerprint density at radius 1 is 1.12 bits per heavy atom. The molecule has 2 amide bonds. The van der Waals surface area contributed by atoms with E-state index in [-0.39, 0.29) is 10.7 Å². The van der Waals surface area contributed by atoms with Gasteiger partial charge in [0.1, 0.15) is 5.15 Å². The van der Waals surface area contributed by atoms with Gasteiger partial charge in [-0.05, 0) is 41.3 Å². The molecule has 2 N–H and O–H groups in total. The summed E-state index contributed by atoms with van der Waals surface area (Å²) in [4.78, 5) is 28.6. The van der Waals surface area contributed by atoms with Crippen LogP contribution in [0.2, 0.25) is 5.15 Å². The molecule has 0 aliphatic heterocycles. The third kappa shape index (κ3) is 3.96. The number of hydrogen-bond acceptors (Lipinski definition) is 4. The molecule has 0 atom stereocenters. The minimum atomic E-state index is -1.31. The molecule has 0 saturated carbocycles. The summed E-state index contributed by atoms with van der Waals surface area (Å²) in [5, 5.41) is 12.4. The molecule has 25 heavy (non-hydrogen) atoms. The van der Waals surface area contributed by atoms with Gasteiger partial charge in [-0.1, -0.05) is 29.8 Å². The molecular formula is C17H12ClN3O3S. The van der Waals surface area contributed by atoms with E-state index in [0.29, 0.717) is 5.69 Å². The minimum Gasteiger partial charge on any atom is -0.463 e. The molecule has 6 nitrogen and oxygen atoms in total. The van der Waals surface area contributed by atoms with E-state index in [9.17, 15) is 14.7 Å². The standard InChI is InChI=1S/C17H12ClN3O3S/c18-15-8-5-12(10-19-15)16(22)20-21(17(23)24)13-6-3-11(4-7-13)14-2-1-9-25-14/h1-10H,(H,20,22)(H,23,24). The first-order valence-corrected chi connectivity index (χ1v) is 8.40. The molecule has 0 saturated heterocycles. The highest BCUT2D eigenvalue weighted by atomic mass is 35.5. The molecule has 126 valence electrons. The summed E-state index contributed by atoms with van der Waals surface area (Å²) in [6.07, 6.45) is -0.0310. The smallest absolute Gasteiger partial charge is 0.431 e. The maximum atomic E-state index is 12.2. The first kappa shape index (κ1) is 16.9. The van der Waals surface area contributed by atoms with E-state index in [1.165, 1.54) is 18.3 Å². The van der Waals surface area contributed by atoms with Gasteiger partial charge in [0.25, 0.3) is 5.91 Å². The number of anilines is 1. The van der Waals surface area contributed by atoms with Crippen molar-refractivity contribution in [2.75, 3.05) is 5.01 Å². The summed E-state index contributed by atoms with van der Waals surface area (Å²) >= 11 is 7.27. The second-order valence-electron chi connectivity index (χ2n) is 4.95. The second-order valence-corrected chi connectivity index (χ2v) is 6.29. The van der Waals surface area contributed by atoms with E-state index >= 15 is 0 Å². The molecule has 0 aliphatic rings. The number of amides is 2. The summed E-state index contributed by atoms with van der Waals surface area (Å²) < 4.78 is 0. The first-order chi connectivity index (χ1) is 12.0. The lowest BCUT2D eigenvalue weighted by atomic mass is 10.2. The average molecular weight is 374 g/mol.